The molecule has 0 spiro atoms. The number of fused-ring (bicyclic) bond motifs is 1. The molecule has 2 N–H and O–H groups in total. The highest BCUT2D eigenvalue weighted by atomic mass is 16.5. The minimum atomic E-state index is -0.0514. The lowest BCUT2D eigenvalue weighted by Gasteiger charge is -2.24. The Balaban J connectivity index is 1.73. The van der Waals surface area contributed by atoms with Gasteiger partial charge in [0.25, 0.3) is 0 Å². The molecule has 0 aliphatic carbocycles. The number of anilines is 2. The van der Waals surface area contributed by atoms with Crippen molar-refractivity contribution < 1.29 is 9.53 Å². The van der Waals surface area contributed by atoms with Crippen molar-refractivity contribution in [2.45, 2.75) is 20.3 Å². The van der Waals surface area contributed by atoms with E-state index in [1.165, 1.54) is 0 Å². The molecule has 0 unspecified atom stereocenters. The number of nitrogens with zero attached hydrogens (tertiary/aromatic N) is 2. The maximum atomic E-state index is 12.8. The first-order chi connectivity index (χ1) is 15.6. The second-order valence-corrected chi connectivity index (χ2v) is 7.56. The normalized spacial score (nSPS) is 10.8. The summed E-state index contributed by atoms with van der Waals surface area (Å²) in [7, 11) is 1.65. The average Bonchev–Trinajstić information content (AvgIpc) is 3.23. The van der Waals surface area contributed by atoms with Crippen molar-refractivity contribution in [1.82, 2.24) is 9.97 Å². The highest BCUT2D eigenvalue weighted by Gasteiger charge is 2.17. The summed E-state index contributed by atoms with van der Waals surface area (Å²) in [6.07, 6.45) is 0.323. The zero-order valence-electron chi connectivity index (χ0n) is 18.7. The van der Waals surface area contributed by atoms with Crippen molar-refractivity contribution in [3.05, 3.63) is 72.3 Å². The van der Waals surface area contributed by atoms with Gasteiger partial charge in [-0.3, -0.25) is 4.79 Å². The number of methoxy groups -OCH3 is 1. The van der Waals surface area contributed by atoms with E-state index in [1.54, 1.807) is 7.11 Å². The first kappa shape index (κ1) is 21.4. The van der Waals surface area contributed by atoms with Crippen molar-refractivity contribution >= 4 is 28.3 Å². The summed E-state index contributed by atoms with van der Waals surface area (Å²) < 4.78 is 5.50. The van der Waals surface area contributed by atoms with Crippen LogP contribution in [0, 0.1) is 0 Å². The molecule has 0 aliphatic rings. The molecule has 4 rings (SSSR count). The predicted octanol–water partition coefficient (Wildman–Crippen LogP) is 5.27. The summed E-state index contributed by atoms with van der Waals surface area (Å²) in [6, 6.07) is 21.5. The molecule has 0 saturated carbocycles. The van der Waals surface area contributed by atoms with E-state index >= 15 is 0 Å². The van der Waals surface area contributed by atoms with E-state index in [0.717, 1.165) is 58.2 Å². The molecule has 0 saturated heterocycles. The SMILES string of the molecule is CCN(CC)c1cc2[nH]c(-c3ccccc3OC)nc2cc1NC(=O)Cc1ccccc1. The van der Waals surface area contributed by atoms with Crippen LogP contribution in [0.3, 0.4) is 0 Å². The number of aromatic nitrogens is 2. The van der Waals surface area contributed by atoms with Gasteiger partial charge in [0.05, 0.1) is 41.5 Å². The summed E-state index contributed by atoms with van der Waals surface area (Å²) in [4.78, 5) is 23.2. The molecule has 6 heteroatoms. The molecule has 4 aromatic rings. The molecule has 6 nitrogen and oxygen atoms in total. The standard InChI is InChI=1S/C26H28N4O2/c1-4-30(5-2)23-17-21-20(28-26(29-21)19-13-9-10-14-24(19)32-3)16-22(23)27-25(31)15-18-11-7-6-8-12-18/h6-14,16-17H,4-5,15H2,1-3H3,(H,27,31)(H,28,29). The third-order valence-corrected chi connectivity index (χ3v) is 5.55. The van der Waals surface area contributed by atoms with E-state index in [4.69, 9.17) is 9.72 Å². The van der Waals surface area contributed by atoms with Crippen LogP contribution in [0.4, 0.5) is 11.4 Å². The van der Waals surface area contributed by atoms with Crippen LogP contribution in [0.15, 0.2) is 66.7 Å². The average molecular weight is 429 g/mol. The smallest absolute Gasteiger partial charge is 0.228 e. The Bertz CT molecular complexity index is 1210. The molecule has 1 heterocycles. The molecule has 164 valence electrons. The van der Waals surface area contributed by atoms with Crippen LogP contribution >= 0.6 is 0 Å². The third-order valence-electron chi connectivity index (χ3n) is 5.55. The number of hydrogen-bond donors (Lipinski definition) is 2. The van der Waals surface area contributed by atoms with Crippen LogP contribution in [0.1, 0.15) is 19.4 Å². The van der Waals surface area contributed by atoms with Gasteiger partial charge in [-0.1, -0.05) is 42.5 Å². The topological polar surface area (TPSA) is 70.2 Å². The Morgan fingerprint density at radius 1 is 1.03 bits per heavy atom. The molecule has 0 radical (unpaired) electrons. The first-order valence-electron chi connectivity index (χ1n) is 10.9. The number of ether oxygens (including phenoxy) is 1. The van der Waals surface area contributed by atoms with Gasteiger partial charge in [-0.25, -0.2) is 4.98 Å². The number of aromatic amines is 1. The highest BCUT2D eigenvalue weighted by molar-refractivity contribution is 5.99. The Hall–Kier alpha value is -3.80. The maximum absolute atomic E-state index is 12.8. The van der Waals surface area contributed by atoms with Gasteiger partial charge in [0.15, 0.2) is 0 Å². The molecule has 0 bridgehead atoms. The lowest BCUT2D eigenvalue weighted by molar-refractivity contribution is -0.115. The second kappa shape index (κ2) is 9.56. The fraction of sp³-hybridized carbons (Fsp3) is 0.231. The maximum Gasteiger partial charge on any atom is 0.228 e. The quantitative estimate of drug-likeness (QED) is 0.401. The van der Waals surface area contributed by atoms with Crippen molar-refractivity contribution in [2.24, 2.45) is 0 Å². The van der Waals surface area contributed by atoms with E-state index in [2.05, 4.69) is 35.1 Å². The van der Waals surface area contributed by atoms with Gasteiger partial charge in [0, 0.05) is 13.1 Å². The molecule has 32 heavy (non-hydrogen) atoms. The van der Waals surface area contributed by atoms with Crippen molar-refractivity contribution in [3.63, 3.8) is 0 Å². The van der Waals surface area contributed by atoms with Crippen LogP contribution in [-0.2, 0) is 11.2 Å². The number of carbonyl (C=O) groups excluding carboxylic acids is 1. The molecule has 0 fully saturated rings. The summed E-state index contributed by atoms with van der Waals surface area (Å²) >= 11 is 0. The molecule has 3 aromatic carbocycles. The van der Waals surface area contributed by atoms with Gasteiger partial charge in [-0.2, -0.15) is 0 Å². The summed E-state index contributed by atoms with van der Waals surface area (Å²) in [5, 5.41) is 3.11. The molecule has 0 atom stereocenters. The minimum absolute atomic E-state index is 0.0514. The number of imidazole rings is 1. The number of carbonyl (C=O) groups is 1. The van der Waals surface area contributed by atoms with E-state index in [1.807, 2.05) is 60.7 Å². The largest absolute Gasteiger partial charge is 0.496 e. The molecule has 1 amide bonds. The fourth-order valence-electron chi connectivity index (χ4n) is 3.91. The van der Waals surface area contributed by atoms with Gasteiger partial charge in [0.1, 0.15) is 11.6 Å². The van der Waals surface area contributed by atoms with Gasteiger partial charge >= 0.3 is 0 Å². The van der Waals surface area contributed by atoms with Gasteiger partial charge < -0.3 is 19.9 Å². The number of hydrogen-bond acceptors (Lipinski definition) is 4. The predicted molar refractivity (Wildman–Crippen MR) is 130 cm³/mol. The summed E-state index contributed by atoms with van der Waals surface area (Å²) in [5.41, 5.74) is 5.31. The zero-order chi connectivity index (χ0) is 22.5. The number of H-pyrrole nitrogens is 1. The fourth-order valence-corrected chi connectivity index (χ4v) is 3.91. The Morgan fingerprint density at radius 3 is 2.47 bits per heavy atom. The summed E-state index contributed by atoms with van der Waals surface area (Å²) in [5.74, 6) is 1.44. The summed E-state index contributed by atoms with van der Waals surface area (Å²) in [6.45, 7) is 5.88. The highest BCUT2D eigenvalue weighted by Crippen LogP contribution is 2.34. The third kappa shape index (κ3) is 4.44. The van der Waals surface area contributed by atoms with Crippen LogP contribution in [0.2, 0.25) is 0 Å². The van der Waals surface area contributed by atoms with E-state index in [0.29, 0.717) is 6.42 Å². The molecule has 0 aliphatic heterocycles. The molecular weight excluding hydrogens is 400 g/mol. The Morgan fingerprint density at radius 2 is 1.75 bits per heavy atom. The van der Waals surface area contributed by atoms with E-state index < -0.39 is 0 Å². The number of amides is 1. The second-order valence-electron chi connectivity index (χ2n) is 7.56. The lowest BCUT2D eigenvalue weighted by Crippen LogP contribution is -2.24. The molecular formula is C26H28N4O2. The number of benzene rings is 3. The minimum Gasteiger partial charge on any atom is -0.496 e. The van der Waals surface area contributed by atoms with E-state index in [-0.39, 0.29) is 5.91 Å². The van der Waals surface area contributed by atoms with E-state index in [9.17, 15) is 4.79 Å². The Kier molecular flexibility index (Phi) is 6.40. The van der Waals surface area contributed by atoms with Crippen molar-refractivity contribution in [2.75, 3.05) is 30.4 Å². The Labute approximate surface area is 188 Å². The lowest BCUT2D eigenvalue weighted by atomic mass is 10.1. The number of para-hydroxylation sites is 1. The monoisotopic (exact) mass is 428 g/mol. The zero-order valence-corrected chi connectivity index (χ0v) is 18.7. The number of nitrogens with one attached hydrogen (secondary N) is 2. The van der Waals surface area contributed by atoms with Gasteiger partial charge in [-0.05, 0) is 43.7 Å². The van der Waals surface area contributed by atoms with Crippen LogP contribution < -0.4 is 15.0 Å². The van der Waals surface area contributed by atoms with Crippen molar-refractivity contribution in [3.8, 4) is 17.1 Å². The van der Waals surface area contributed by atoms with Crippen molar-refractivity contribution in [1.29, 1.82) is 0 Å². The molecule has 1 aromatic heterocycles. The van der Waals surface area contributed by atoms with Gasteiger partial charge in [-0.15, -0.1) is 0 Å². The van der Waals surface area contributed by atoms with Crippen LogP contribution in [-0.4, -0.2) is 36.1 Å². The first-order valence-corrected chi connectivity index (χ1v) is 10.9. The van der Waals surface area contributed by atoms with Crippen LogP contribution in [0.5, 0.6) is 5.75 Å². The number of rotatable bonds is 8. The van der Waals surface area contributed by atoms with Crippen LogP contribution in [0.25, 0.3) is 22.4 Å². The van der Waals surface area contributed by atoms with Gasteiger partial charge in [0.2, 0.25) is 5.91 Å².